The maximum absolute atomic E-state index is 12.5. The summed E-state index contributed by atoms with van der Waals surface area (Å²) in [5.74, 6) is -10.2. The Labute approximate surface area is 114 Å². The minimum absolute atomic E-state index is 0. The Morgan fingerprint density at radius 2 is 1.17 bits per heavy atom. The molecule has 0 heterocycles. The Bertz CT molecular complexity index is 310. The largest absolute Gasteiger partial charge is 1.00 e. The summed E-state index contributed by atoms with van der Waals surface area (Å²) in [6.07, 6.45) is -20.1. The van der Waals surface area contributed by atoms with Crippen molar-refractivity contribution >= 4 is 5.97 Å². The van der Waals surface area contributed by atoms with E-state index in [1.807, 2.05) is 0 Å². The van der Waals surface area contributed by atoms with Crippen LogP contribution >= 0.6 is 0 Å². The molecule has 18 heavy (non-hydrogen) atoms. The second-order valence-corrected chi connectivity index (χ2v) is 2.50. The van der Waals surface area contributed by atoms with E-state index in [0.29, 0.717) is 0 Å². The predicted molar refractivity (Wildman–Crippen MR) is 27.0 cm³/mol. The van der Waals surface area contributed by atoms with Gasteiger partial charge >= 0.3 is 53.9 Å². The van der Waals surface area contributed by atoms with Gasteiger partial charge in [-0.15, -0.1) is 0 Å². The van der Waals surface area contributed by atoms with E-state index in [1.54, 1.807) is 4.74 Å². The molecule has 0 N–H and O–H groups in total. The van der Waals surface area contributed by atoms with Crippen molar-refractivity contribution < 1.29 is 83.7 Å². The number of carboxylic acid groups (broad SMARTS) is 1. The quantitative estimate of drug-likeness (QED) is 0.454. The molecule has 0 radical (unpaired) electrons. The summed E-state index contributed by atoms with van der Waals surface area (Å²) in [5.41, 5.74) is 0. The first-order valence-corrected chi connectivity index (χ1v) is 3.27. The number of ether oxygens (including phenoxy) is 1. The molecule has 0 aromatic rings. The van der Waals surface area contributed by atoms with Crippen LogP contribution in [0.15, 0.2) is 0 Å². The summed E-state index contributed by atoms with van der Waals surface area (Å²) in [7, 11) is 0. The van der Waals surface area contributed by atoms with Crippen LogP contribution in [0.2, 0.25) is 0 Å². The first-order valence-electron chi connectivity index (χ1n) is 3.27. The van der Waals surface area contributed by atoms with Crippen LogP contribution in [0.4, 0.5) is 39.5 Å². The van der Waals surface area contributed by atoms with Crippen LogP contribution in [0.5, 0.6) is 0 Å². The van der Waals surface area contributed by atoms with Crippen molar-refractivity contribution in [2.24, 2.45) is 0 Å². The maximum Gasteiger partial charge on any atom is 1.00 e. The van der Waals surface area contributed by atoms with E-state index in [-0.39, 0.29) is 29.6 Å². The Hall–Kier alpha value is -0.200. The molecule has 0 aliphatic rings. The molecule has 1 atom stereocenters. The van der Waals surface area contributed by atoms with Crippen molar-refractivity contribution in [3.8, 4) is 0 Å². The van der Waals surface area contributed by atoms with Gasteiger partial charge in [-0.25, -0.2) is 0 Å². The van der Waals surface area contributed by atoms with E-state index >= 15 is 0 Å². The van der Waals surface area contributed by atoms with E-state index in [4.69, 9.17) is 0 Å². The maximum atomic E-state index is 12.5. The standard InChI is InChI=1S/C5HF9O3.Na/c6-2(1(15)16,3(7,8)9)17-5(13,14)4(10,11)12;/h(H,15,16);/q;+1/p-1. The molecule has 13 heteroatoms. The van der Waals surface area contributed by atoms with Gasteiger partial charge in [0.15, 0.2) is 0 Å². The number of halogens is 9. The number of hydrogen-bond donors (Lipinski definition) is 0. The molecule has 102 valence electrons. The second-order valence-electron chi connectivity index (χ2n) is 2.50. The van der Waals surface area contributed by atoms with Gasteiger partial charge in [0.1, 0.15) is 5.97 Å². The fraction of sp³-hybridized carbons (Fsp3) is 0.800. The van der Waals surface area contributed by atoms with Crippen molar-refractivity contribution in [2.45, 2.75) is 24.3 Å². The van der Waals surface area contributed by atoms with Crippen molar-refractivity contribution in [2.75, 3.05) is 0 Å². The van der Waals surface area contributed by atoms with Gasteiger partial charge in [0.25, 0.3) is 0 Å². The number of aliphatic carboxylic acids is 1. The molecule has 0 aromatic heterocycles. The summed E-state index contributed by atoms with van der Waals surface area (Å²) in [5, 5.41) is 9.64. The first-order chi connectivity index (χ1) is 7.15. The van der Waals surface area contributed by atoms with Crippen molar-refractivity contribution in [1.29, 1.82) is 0 Å². The van der Waals surface area contributed by atoms with E-state index in [0.717, 1.165) is 0 Å². The number of hydrogen-bond acceptors (Lipinski definition) is 3. The Kier molecular flexibility index (Phi) is 6.07. The fourth-order valence-corrected chi connectivity index (χ4v) is 0.450. The Morgan fingerprint density at radius 1 is 0.833 bits per heavy atom. The summed E-state index contributed by atoms with van der Waals surface area (Å²) in [4.78, 5) is 9.64. The van der Waals surface area contributed by atoms with Crippen LogP contribution in [0, 0.1) is 0 Å². The molecule has 0 aromatic carbocycles. The van der Waals surface area contributed by atoms with Crippen molar-refractivity contribution in [3.05, 3.63) is 0 Å². The number of alkyl halides is 9. The van der Waals surface area contributed by atoms with Gasteiger partial charge in [-0.2, -0.15) is 39.5 Å². The van der Waals surface area contributed by atoms with Crippen molar-refractivity contribution in [1.82, 2.24) is 0 Å². The number of carbonyl (C=O) groups excluding carboxylic acids is 1. The van der Waals surface area contributed by atoms with E-state index < -0.39 is 30.3 Å². The van der Waals surface area contributed by atoms with Gasteiger partial charge in [-0.1, -0.05) is 0 Å². The van der Waals surface area contributed by atoms with Crippen LogP contribution in [-0.4, -0.2) is 30.3 Å². The third kappa shape index (κ3) is 3.90. The summed E-state index contributed by atoms with van der Waals surface area (Å²) < 4.78 is 107. The number of rotatable bonds is 3. The molecule has 0 spiro atoms. The average Bonchev–Trinajstić information content (AvgIpc) is 1.98. The molecular formula is C5F9NaO3. The predicted octanol–water partition coefficient (Wildman–Crippen LogP) is -1.86. The van der Waals surface area contributed by atoms with E-state index in [1.165, 1.54) is 0 Å². The molecular weight excluding hydrogens is 302 g/mol. The molecule has 0 aliphatic heterocycles. The van der Waals surface area contributed by atoms with Gasteiger partial charge in [0, 0.05) is 0 Å². The van der Waals surface area contributed by atoms with Crippen molar-refractivity contribution in [3.63, 3.8) is 0 Å². The minimum atomic E-state index is -6.73. The molecule has 0 aliphatic carbocycles. The molecule has 0 amide bonds. The molecule has 0 fully saturated rings. The molecule has 3 nitrogen and oxygen atoms in total. The molecule has 0 rings (SSSR count). The zero-order valence-corrected chi connectivity index (χ0v) is 10.1. The SMILES string of the molecule is O=C([O-])C(F)(OC(F)(F)C(F)(F)F)C(F)(F)F.[Na+]. The monoisotopic (exact) mass is 302 g/mol. The van der Waals surface area contributed by atoms with Crippen LogP contribution in [0.25, 0.3) is 0 Å². The van der Waals surface area contributed by atoms with Gasteiger partial charge in [0.2, 0.25) is 0 Å². The molecule has 0 saturated carbocycles. The number of carbonyl (C=O) groups is 1. The first kappa shape index (κ1) is 20.1. The van der Waals surface area contributed by atoms with Gasteiger partial charge in [-0.3, -0.25) is 4.74 Å². The minimum Gasteiger partial charge on any atom is -0.544 e. The fourth-order valence-electron chi connectivity index (χ4n) is 0.450. The third-order valence-electron chi connectivity index (χ3n) is 1.23. The normalized spacial score (nSPS) is 16.7. The van der Waals surface area contributed by atoms with Crippen LogP contribution < -0.4 is 34.7 Å². The molecule has 0 saturated heterocycles. The molecule has 0 bridgehead atoms. The smallest absolute Gasteiger partial charge is 0.544 e. The third-order valence-corrected chi connectivity index (χ3v) is 1.23. The Morgan fingerprint density at radius 3 is 1.33 bits per heavy atom. The summed E-state index contributed by atoms with van der Waals surface area (Å²) >= 11 is 0. The van der Waals surface area contributed by atoms with Gasteiger partial charge < -0.3 is 9.90 Å². The van der Waals surface area contributed by atoms with Crippen LogP contribution in [0.3, 0.4) is 0 Å². The van der Waals surface area contributed by atoms with E-state index in [2.05, 4.69) is 0 Å². The van der Waals surface area contributed by atoms with Gasteiger partial charge in [0.05, 0.1) is 0 Å². The van der Waals surface area contributed by atoms with Crippen LogP contribution in [-0.2, 0) is 9.53 Å². The summed E-state index contributed by atoms with van der Waals surface area (Å²) in [6, 6.07) is 0. The second kappa shape index (κ2) is 5.43. The molecule has 1 unspecified atom stereocenters. The van der Waals surface area contributed by atoms with E-state index in [9.17, 15) is 49.4 Å². The zero-order valence-electron chi connectivity index (χ0n) is 8.13. The average molecular weight is 302 g/mol. The van der Waals surface area contributed by atoms with Crippen LogP contribution in [0.1, 0.15) is 0 Å². The Balaban J connectivity index is 0. The van der Waals surface area contributed by atoms with Gasteiger partial charge in [-0.05, 0) is 0 Å². The zero-order chi connectivity index (χ0) is 14.3. The number of carboxylic acids is 1. The summed E-state index contributed by atoms with van der Waals surface area (Å²) in [6.45, 7) is 0. The topological polar surface area (TPSA) is 49.4 Å².